The average molecular weight is 602 g/mol. The normalized spacial score (nSPS) is 21.9. The van der Waals surface area contributed by atoms with Crippen LogP contribution in [-0.4, -0.2) is 120 Å². The van der Waals surface area contributed by atoms with E-state index in [0.29, 0.717) is 32.7 Å². The van der Waals surface area contributed by atoms with Gasteiger partial charge in [0.15, 0.2) is 0 Å². The molecule has 12 nitrogen and oxygen atoms in total. The highest BCUT2D eigenvalue weighted by molar-refractivity contribution is 6.47. The highest BCUT2D eigenvalue weighted by Crippen LogP contribution is 2.27. The molecule has 0 spiro atoms. The molecule has 13 heteroatoms. The average Bonchev–Trinajstić information content (AvgIpc) is 3.46. The summed E-state index contributed by atoms with van der Waals surface area (Å²) in [5.41, 5.74) is 0.896. The van der Waals surface area contributed by atoms with E-state index in [1.807, 2.05) is 56.3 Å². The molecule has 2 heterocycles. The van der Waals surface area contributed by atoms with Gasteiger partial charge in [0.1, 0.15) is 12.1 Å². The Morgan fingerprint density at radius 2 is 1.65 bits per heavy atom. The molecule has 43 heavy (non-hydrogen) atoms. The summed E-state index contributed by atoms with van der Waals surface area (Å²) in [5, 5.41) is 47.8. The second-order valence-corrected chi connectivity index (χ2v) is 11.6. The van der Waals surface area contributed by atoms with E-state index >= 15 is 0 Å². The molecular weight excluding hydrogens is 557 g/mol. The number of amides is 3. The van der Waals surface area contributed by atoms with Crippen molar-refractivity contribution in [2.24, 2.45) is 5.92 Å². The molecule has 0 saturated carbocycles. The third-order valence-corrected chi connectivity index (χ3v) is 7.87. The molecule has 0 aliphatic carbocycles. The van der Waals surface area contributed by atoms with Crippen LogP contribution in [-0.2, 0) is 25.3 Å². The van der Waals surface area contributed by atoms with Crippen molar-refractivity contribution in [3.63, 3.8) is 0 Å². The number of aliphatic hydroxyl groups is 4. The Hall–Kier alpha value is -2.78. The van der Waals surface area contributed by atoms with Crippen molar-refractivity contribution < 1.29 is 44.1 Å². The Balaban J connectivity index is 1.58. The number of ether oxygens (including phenoxy) is 1. The van der Waals surface area contributed by atoms with E-state index in [4.69, 9.17) is 14.0 Å². The lowest BCUT2D eigenvalue weighted by Crippen LogP contribution is -2.58. The number of benzene rings is 2. The van der Waals surface area contributed by atoms with Crippen LogP contribution in [0.5, 0.6) is 0 Å². The number of morpholine rings is 1. The number of hydrogen-bond donors (Lipinski definition) is 6. The lowest BCUT2D eigenvalue weighted by atomic mass is 9.74. The number of urea groups is 1. The maximum Gasteiger partial charge on any atom is 0.481 e. The van der Waals surface area contributed by atoms with Gasteiger partial charge >= 0.3 is 13.1 Å². The molecule has 0 bridgehead atoms. The zero-order valence-electron chi connectivity index (χ0n) is 24.8. The van der Waals surface area contributed by atoms with Gasteiger partial charge in [-0.1, -0.05) is 56.3 Å². The third kappa shape index (κ3) is 8.66. The molecule has 6 N–H and O–H groups in total. The van der Waals surface area contributed by atoms with E-state index in [-0.39, 0.29) is 31.4 Å². The smallest absolute Gasteiger partial charge is 0.402 e. The Morgan fingerprint density at radius 1 is 0.977 bits per heavy atom. The third-order valence-electron chi connectivity index (χ3n) is 7.87. The lowest BCUT2D eigenvalue weighted by Gasteiger charge is -2.30. The molecule has 2 aliphatic heterocycles. The Kier molecular flexibility index (Phi) is 12.2. The van der Waals surface area contributed by atoms with Crippen LogP contribution in [0.3, 0.4) is 0 Å². The quantitative estimate of drug-likeness (QED) is 0.176. The zero-order chi connectivity index (χ0) is 30.9. The number of hydrogen-bond acceptors (Lipinski definition) is 9. The fraction of sp³-hybridized carbons (Fsp3) is 0.600. The highest BCUT2D eigenvalue weighted by Gasteiger charge is 2.50. The van der Waals surface area contributed by atoms with E-state index < -0.39 is 56.0 Å². The molecule has 4 rings (SSSR count). The zero-order valence-corrected chi connectivity index (χ0v) is 24.8. The van der Waals surface area contributed by atoms with Crippen molar-refractivity contribution >= 4 is 29.8 Å². The minimum absolute atomic E-state index is 0.0166. The minimum Gasteiger partial charge on any atom is -0.402 e. The number of nitrogens with zero attached hydrogens (tertiary/aromatic N) is 1. The molecular formula is C30H44BN3O9. The number of carbonyl (C=O) groups excluding carboxylic acids is 2. The molecule has 2 fully saturated rings. The van der Waals surface area contributed by atoms with Crippen molar-refractivity contribution in [1.29, 1.82) is 0 Å². The molecule has 2 unspecified atom stereocenters. The van der Waals surface area contributed by atoms with E-state index in [1.165, 1.54) is 0 Å². The van der Waals surface area contributed by atoms with Crippen molar-refractivity contribution in [3.8, 4) is 0 Å². The lowest BCUT2D eigenvalue weighted by molar-refractivity contribution is -0.123. The van der Waals surface area contributed by atoms with Crippen LogP contribution >= 0.6 is 0 Å². The largest absolute Gasteiger partial charge is 0.481 e. The first-order valence-corrected chi connectivity index (χ1v) is 15.0. The van der Waals surface area contributed by atoms with Crippen LogP contribution < -0.4 is 10.6 Å². The first-order chi connectivity index (χ1) is 20.7. The van der Waals surface area contributed by atoms with E-state index in [0.717, 1.165) is 16.3 Å². The van der Waals surface area contributed by atoms with Gasteiger partial charge in [0.25, 0.3) is 0 Å². The molecule has 3 amide bonds. The van der Waals surface area contributed by atoms with Crippen LogP contribution in [0, 0.1) is 5.92 Å². The first kappa shape index (κ1) is 33.1. The van der Waals surface area contributed by atoms with Crippen molar-refractivity contribution in [2.75, 3.05) is 39.5 Å². The van der Waals surface area contributed by atoms with Crippen molar-refractivity contribution in [1.82, 2.24) is 15.5 Å². The number of carbonyl (C=O) groups is 2. The maximum atomic E-state index is 14.0. The Morgan fingerprint density at radius 3 is 2.33 bits per heavy atom. The summed E-state index contributed by atoms with van der Waals surface area (Å²) in [5.74, 6) is -1.05. The van der Waals surface area contributed by atoms with Gasteiger partial charge in [-0.15, -0.1) is 0 Å². The summed E-state index contributed by atoms with van der Waals surface area (Å²) >= 11 is 0. The van der Waals surface area contributed by atoms with Crippen molar-refractivity contribution in [2.45, 2.75) is 69.5 Å². The van der Waals surface area contributed by atoms with Crippen LogP contribution in [0.2, 0.25) is 0 Å². The number of fused-ring (bicyclic) bond motifs is 1. The second-order valence-electron chi connectivity index (χ2n) is 11.6. The topological polar surface area (TPSA) is 170 Å². The van der Waals surface area contributed by atoms with Crippen LogP contribution in [0.1, 0.15) is 32.3 Å². The number of aliphatic hydroxyl groups excluding tert-OH is 4. The summed E-state index contributed by atoms with van der Waals surface area (Å²) < 4.78 is 17.4. The predicted octanol–water partition coefficient (Wildman–Crippen LogP) is 0.232. The summed E-state index contributed by atoms with van der Waals surface area (Å²) in [6.45, 7) is 4.69. The van der Waals surface area contributed by atoms with E-state index in [2.05, 4.69) is 10.6 Å². The van der Waals surface area contributed by atoms with Gasteiger partial charge in [-0.25, -0.2) is 4.79 Å². The Labute approximate surface area is 252 Å². The number of nitrogens with one attached hydrogen (secondary N) is 2. The maximum absolute atomic E-state index is 14.0. The van der Waals surface area contributed by atoms with Gasteiger partial charge < -0.3 is 50.0 Å². The highest BCUT2D eigenvalue weighted by atomic mass is 16.7. The summed E-state index contributed by atoms with van der Waals surface area (Å²) in [7, 11) is -1.05. The second kappa shape index (κ2) is 15.8. The van der Waals surface area contributed by atoms with Gasteiger partial charge in [-0.3, -0.25) is 4.79 Å². The Bertz CT molecular complexity index is 1190. The standard InChI is InChI=1S/C30H44BN3O9/c1-19(2)16-26(31-42-27(24(37)10-13-35)28(43-31)25(38)18-36)33-29(39)23(32-30(40)34-11-14-41-15-12-34)17-21-8-5-7-20-6-3-4-9-22(20)21/h3-9,19,23-28,35-38H,10-18H2,1-2H3,(H,32,40)(H,33,39)/t23-,24+,25+,26-,27?,28?/m0/s1. The van der Waals surface area contributed by atoms with Gasteiger partial charge in [0.05, 0.1) is 44.1 Å². The molecule has 2 aromatic carbocycles. The molecule has 6 atom stereocenters. The molecule has 0 aromatic heterocycles. The van der Waals surface area contributed by atoms with Gasteiger partial charge in [0.2, 0.25) is 5.91 Å². The molecule has 236 valence electrons. The molecule has 0 radical (unpaired) electrons. The van der Waals surface area contributed by atoms with E-state index in [9.17, 15) is 30.0 Å². The van der Waals surface area contributed by atoms with Gasteiger partial charge in [-0.05, 0) is 35.1 Å². The van der Waals surface area contributed by atoms with Crippen LogP contribution in [0.25, 0.3) is 10.8 Å². The molecule has 2 aromatic rings. The van der Waals surface area contributed by atoms with Crippen LogP contribution in [0.4, 0.5) is 4.79 Å². The monoisotopic (exact) mass is 601 g/mol. The fourth-order valence-corrected chi connectivity index (χ4v) is 5.64. The number of rotatable bonds is 13. The fourth-order valence-electron chi connectivity index (χ4n) is 5.64. The van der Waals surface area contributed by atoms with Crippen LogP contribution in [0.15, 0.2) is 42.5 Å². The summed E-state index contributed by atoms with van der Waals surface area (Å²) in [6.07, 6.45) is -3.96. The molecule has 2 aliphatic rings. The first-order valence-electron chi connectivity index (χ1n) is 15.0. The van der Waals surface area contributed by atoms with Gasteiger partial charge in [0, 0.05) is 26.1 Å². The summed E-state index contributed by atoms with van der Waals surface area (Å²) in [4.78, 5) is 28.9. The van der Waals surface area contributed by atoms with E-state index in [1.54, 1.807) is 4.90 Å². The van der Waals surface area contributed by atoms with Gasteiger partial charge in [-0.2, -0.15) is 0 Å². The predicted molar refractivity (Wildman–Crippen MR) is 160 cm³/mol. The van der Waals surface area contributed by atoms with Crippen molar-refractivity contribution in [3.05, 3.63) is 48.0 Å². The SMILES string of the molecule is CC(C)C[C@H](NC(=O)[C@H](Cc1cccc2ccccc12)NC(=O)N1CCOCC1)B1OC([C@H](O)CO)C([C@H](O)CCO)O1. The molecule has 2 saturated heterocycles. The summed E-state index contributed by atoms with van der Waals surface area (Å²) in [6, 6.07) is 12.4. The minimum atomic E-state index is -1.34.